The minimum Gasteiger partial charge on any atom is -0.395 e. The lowest BCUT2D eigenvalue weighted by atomic mass is 10.0. The summed E-state index contributed by atoms with van der Waals surface area (Å²) >= 11 is 0. The summed E-state index contributed by atoms with van der Waals surface area (Å²) in [6, 6.07) is 12.3. The molecule has 2 aliphatic rings. The summed E-state index contributed by atoms with van der Waals surface area (Å²) in [5.41, 5.74) is 1.42. The molecule has 1 aliphatic carbocycles. The van der Waals surface area contributed by atoms with Gasteiger partial charge >= 0.3 is 0 Å². The van der Waals surface area contributed by atoms with Crippen molar-refractivity contribution >= 4 is 0 Å². The Hall–Kier alpha value is -0.900. The zero-order chi connectivity index (χ0) is 14.5. The first-order valence-corrected chi connectivity index (χ1v) is 8.49. The number of hydrogen-bond acceptors (Lipinski definition) is 3. The van der Waals surface area contributed by atoms with E-state index < -0.39 is 0 Å². The summed E-state index contributed by atoms with van der Waals surface area (Å²) in [6.07, 6.45) is 6.65. The summed E-state index contributed by atoms with van der Waals surface area (Å²) in [6.45, 7) is 4.54. The Morgan fingerprint density at radius 3 is 2.62 bits per heavy atom. The van der Waals surface area contributed by atoms with Crippen LogP contribution in [0.4, 0.5) is 0 Å². The van der Waals surface area contributed by atoms with E-state index in [1.807, 2.05) is 0 Å². The highest BCUT2D eigenvalue weighted by Gasteiger charge is 2.32. The second-order valence-corrected chi connectivity index (χ2v) is 6.56. The molecule has 3 heteroatoms. The van der Waals surface area contributed by atoms with Crippen molar-refractivity contribution in [1.82, 2.24) is 9.80 Å². The van der Waals surface area contributed by atoms with Crippen molar-refractivity contribution in [3.63, 3.8) is 0 Å². The molecule has 3 rings (SSSR count). The maximum Gasteiger partial charge on any atom is 0.0558 e. The molecule has 1 saturated heterocycles. The van der Waals surface area contributed by atoms with Crippen LogP contribution < -0.4 is 0 Å². The molecule has 1 aliphatic heterocycles. The first kappa shape index (κ1) is 15.0. The number of hydrogen-bond donors (Lipinski definition) is 1. The van der Waals surface area contributed by atoms with Crippen molar-refractivity contribution in [3.05, 3.63) is 35.9 Å². The molecule has 0 radical (unpaired) electrons. The van der Waals surface area contributed by atoms with Crippen LogP contribution in [-0.2, 0) is 6.54 Å². The van der Waals surface area contributed by atoms with E-state index >= 15 is 0 Å². The molecule has 1 heterocycles. The van der Waals surface area contributed by atoms with Crippen LogP contribution in [0.3, 0.4) is 0 Å². The van der Waals surface area contributed by atoms with Gasteiger partial charge in [-0.2, -0.15) is 0 Å². The summed E-state index contributed by atoms with van der Waals surface area (Å²) in [5, 5.41) is 9.27. The molecule has 1 saturated carbocycles. The second kappa shape index (κ2) is 7.39. The van der Waals surface area contributed by atoms with Gasteiger partial charge in [-0.15, -0.1) is 0 Å². The van der Waals surface area contributed by atoms with Gasteiger partial charge in [0, 0.05) is 31.7 Å². The third kappa shape index (κ3) is 4.29. The van der Waals surface area contributed by atoms with E-state index in [9.17, 15) is 5.11 Å². The number of rotatable bonds is 7. The first-order chi connectivity index (χ1) is 10.4. The summed E-state index contributed by atoms with van der Waals surface area (Å²) in [7, 11) is 0. The second-order valence-electron chi connectivity index (χ2n) is 6.56. The molecule has 21 heavy (non-hydrogen) atoms. The van der Waals surface area contributed by atoms with Gasteiger partial charge in [-0.3, -0.25) is 9.80 Å². The summed E-state index contributed by atoms with van der Waals surface area (Å²) in [5.74, 6) is 0. The largest absolute Gasteiger partial charge is 0.395 e. The molecule has 2 fully saturated rings. The average molecular weight is 288 g/mol. The Morgan fingerprint density at radius 2 is 1.90 bits per heavy atom. The van der Waals surface area contributed by atoms with Gasteiger partial charge in [-0.25, -0.2) is 0 Å². The van der Waals surface area contributed by atoms with E-state index in [2.05, 4.69) is 40.1 Å². The van der Waals surface area contributed by atoms with Gasteiger partial charge in [0.2, 0.25) is 0 Å². The van der Waals surface area contributed by atoms with Crippen LogP contribution in [0.5, 0.6) is 0 Å². The van der Waals surface area contributed by atoms with Crippen LogP contribution in [0.1, 0.15) is 37.7 Å². The molecule has 1 N–H and O–H groups in total. The van der Waals surface area contributed by atoms with Gasteiger partial charge in [-0.05, 0) is 37.8 Å². The van der Waals surface area contributed by atoms with E-state index in [-0.39, 0.29) is 0 Å². The Labute approximate surface area is 128 Å². The molecule has 0 aromatic heterocycles. The van der Waals surface area contributed by atoms with Crippen molar-refractivity contribution in [2.45, 2.75) is 50.7 Å². The van der Waals surface area contributed by atoms with Crippen molar-refractivity contribution in [2.24, 2.45) is 0 Å². The highest BCUT2D eigenvalue weighted by atomic mass is 16.3. The fraction of sp³-hybridized carbons (Fsp3) is 0.667. The van der Waals surface area contributed by atoms with Crippen LogP contribution in [0.2, 0.25) is 0 Å². The van der Waals surface area contributed by atoms with Crippen molar-refractivity contribution < 1.29 is 5.11 Å². The third-order valence-electron chi connectivity index (χ3n) is 4.87. The molecule has 0 amide bonds. The summed E-state index contributed by atoms with van der Waals surface area (Å²) in [4.78, 5) is 5.18. The lowest BCUT2D eigenvalue weighted by Gasteiger charge is -2.38. The first-order valence-electron chi connectivity index (χ1n) is 8.49. The van der Waals surface area contributed by atoms with E-state index in [1.54, 1.807) is 0 Å². The normalized spacial score (nSPS) is 23.6. The number of piperidine rings is 1. The van der Waals surface area contributed by atoms with Crippen LogP contribution in [0.15, 0.2) is 30.3 Å². The highest BCUT2D eigenvalue weighted by Crippen LogP contribution is 2.30. The zero-order valence-electron chi connectivity index (χ0n) is 13.0. The highest BCUT2D eigenvalue weighted by molar-refractivity contribution is 5.15. The Kier molecular flexibility index (Phi) is 5.28. The summed E-state index contributed by atoms with van der Waals surface area (Å²) < 4.78 is 0. The zero-order valence-corrected chi connectivity index (χ0v) is 13.0. The smallest absolute Gasteiger partial charge is 0.0558 e. The number of likely N-dealkylation sites (tertiary alicyclic amines) is 1. The Bertz CT molecular complexity index is 416. The number of aliphatic hydroxyl groups excluding tert-OH is 1. The van der Waals surface area contributed by atoms with Crippen LogP contribution in [0.25, 0.3) is 0 Å². The van der Waals surface area contributed by atoms with E-state index in [0.717, 1.165) is 25.7 Å². The number of benzene rings is 1. The van der Waals surface area contributed by atoms with Crippen molar-refractivity contribution in [3.8, 4) is 0 Å². The van der Waals surface area contributed by atoms with Crippen LogP contribution in [-0.4, -0.2) is 53.2 Å². The maximum absolute atomic E-state index is 9.27. The molecule has 1 atom stereocenters. The monoisotopic (exact) mass is 288 g/mol. The molecule has 1 aromatic carbocycles. The number of β-amino-alcohol motifs (C(OH)–C–C–N with tert-alkyl or cyclic N) is 1. The molecule has 1 aromatic rings. The van der Waals surface area contributed by atoms with E-state index in [0.29, 0.717) is 12.6 Å². The molecule has 0 unspecified atom stereocenters. The van der Waals surface area contributed by atoms with Gasteiger partial charge in [0.15, 0.2) is 0 Å². The quantitative estimate of drug-likeness (QED) is 0.835. The molecule has 116 valence electrons. The average Bonchev–Trinajstić information content (AvgIpc) is 3.35. The van der Waals surface area contributed by atoms with E-state index in [4.69, 9.17) is 0 Å². The predicted molar refractivity (Wildman–Crippen MR) is 86.2 cm³/mol. The molecular weight excluding hydrogens is 260 g/mol. The maximum atomic E-state index is 9.27. The van der Waals surface area contributed by atoms with Gasteiger partial charge in [0.05, 0.1) is 6.61 Å². The van der Waals surface area contributed by atoms with Crippen LogP contribution >= 0.6 is 0 Å². The van der Waals surface area contributed by atoms with Crippen LogP contribution in [0, 0.1) is 0 Å². The van der Waals surface area contributed by atoms with Gasteiger partial charge in [0.25, 0.3) is 0 Å². The molecule has 3 nitrogen and oxygen atoms in total. The van der Waals surface area contributed by atoms with Gasteiger partial charge in [0.1, 0.15) is 0 Å². The minimum absolute atomic E-state index is 0.290. The van der Waals surface area contributed by atoms with Crippen molar-refractivity contribution in [1.29, 1.82) is 0 Å². The molecule has 0 spiro atoms. The van der Waals surface area contributed by atoms with Gasteiger partial charge < -0.3 is 5.11 Å². The number of aliphatic hydroxyl groups is 1. The topological polar surface area (TPSA) is 26.7 Å². The standard InChI is InChI=1S/C18H28N2O/c21-13-12-19-11-5-4-8-18(19)15-20(17-9-10-17)14-16-6-2-1-3-7-16/h1-3,6-7,17-18,21H,4-5,8-15H2/t18-/m0/s1. The predicted octanol–water partition coefficient (Wildman–Crippen LogP) is 2.50. The fourth-order valence-electron chi connectivity index (χ4n) is 3.56. The lowest BCUT2D eigenvalue weighted by Crippen LogP contribution is -2.48. The van der Waals surface area contributed by atoms with Crippen molar-refractivity contribution in [2.75, 3.05) is 26.2 Å². The van der Waals surface area contributed by atoms with Gasteiger partial charge in [-0.1, -0.05) is 36.8 Å². The molecular formula is C18H28N2O. The minimum atomic E-state index is 0.290. The SMILES string of the molecule is OCCN1CCCC[C@H]1CN(Cc1ccccc1)C1CC1. The Balaban J connectivity index is 1.61. The lowest BCUT2D eigenvalue weighted by molar-refractivity contribution is 0.0804. The number of nitrogens with zero attached hydrogens (tertiary/aromatic N) is 2. The Morgan fingerprint density at radius 1 is 1.10 bits per heavy atom. The fourth-order valence-corrected chi connectivity index (χ4v) is 3.56. The van der Waals surface area contributed by atoms with E-state index in [1.165, 1.54) is 44.2 Å². The third-order valence-corrected chi connectivity index (χ3v) is 4.87. The molecule has 0 bridgehead atoms.